The van der Waals surface area contributed by atoms with Crippen LogP contribution in [0.1, 0.15) is 61.8 Å². The molecule has 0 aromatic heterocycles. The molecule has 0 N–H and O–H groups in total. The van der Waals surface area contributed by atoms with E-state index in [-0.39, 0.29) is 10.8 Å². The van der Waals surface area contributed by atoms with Gasteiger partial charge in [-0.05, 0) is 127 Å². The minimum atomic E-state index is -0.141. The van der Waals surface area contributed by atoms with E-state index in [2.05, 4.69) is 231 Å². The second kappa shape index (κ2) is 14.7. The van der Waals surface area contributed by atoms with Gasteiger partial charge in [0.2, 0.25) is 0 Å². The molecular formula is C62H49N. The third kappa shape index (κ3) is 5.98. The van der Waals surface area contributed by atoms with Crippen molar-refractivity contribution >= 4 is 17.1 Å². The Morgan fingerprint density at radius 1 is 0.333 bits per heavy atom. The Balaban J connectivity index is 0.961. The number of rotatable bonds is 7. The molecule has 9 aromatic rings. The molecule has 3 aliphatic rings. The number of para-hydroxylation sites is 1. The lowest BCUT2D eigenvalue weighted by molar-refractivity contribution is 0.550. The van der Waals surface area contributed by atoms with E-state index in [0.717, 1.165) is 5.69 Å². The fourth-order valence-electron chi connectivity index (χ4n) is 11.6. The summed E-state index contributed by atoms with van der Waals surface area (Å²) >= 11 is 0. The van der Waals surface area contributed by atoms with Gasteiger partial charge in [-0.25, -0.2) is 0 Å². The van der Waals surface area contributed by atoms with E-state index in [9.17, 15) is 0 Å². The van der Waals surface area contributed by atoms with Crippen molar-refractivity contribution in [1.82, 2.24) is 0 Å². The van der Waals surface area contributed by atoms with E-state index < -0.39 is 0 Å². The molecule has 0 bridgehead atoms. The van der Waals surface area contributed by atoms with Crippen molar-refractivity contribution in [2.75, 3.05) is 4.90 Å². The van der Waals surface area contributed by atoms with E-state index in [1.165, 1.54) is 126 Å². The minimum absolute atomic E-state index is 0.0726. The van der Waals surface area contributed by atoms with Crippen LogP contribution in [0, 0.1) is 0 Å². The van der Waals surface area contributed by atoms with Crippen LogP contribution < -0.4 is 4.90 Å². The van der Waals surface area contributed by atoms with Crippen LogP contribution in [0.4, 0.5) is 17.1 Å². The summed E-state index contributed by atoms with van der Waals surface area (Å²) in [6, 6.07) is 79.3. The van der Waals surface area contributed by atoms with E-state index >= 15 is 0 Å². The lowest BCUT2D eigenvalue weighted by Gasteiger charge is -2.32. The smallest absolute Gasteiger partial charge is 0.0540 e. The van der Waals surface area contributed by atoms with Gasteiger partial charge in [-0.3, -0.25) is 0 Å². The molecule has 12 rings (SSSR count). The molecule has 9 aromatic carbocycles. The predicted octanol–water partition coefficient (Wildman–Crippen LogP) is 17.0. The predicted molar refractivity (Wildman–Crippen MR) is 265 cm³/mol. The molecule has 1 saturated carbocycles. The van der Waals surface area contributed by atoms with Crippen LogP contribution in [-0.4, -0.2) is 0 Å². The van der Waals surface area contributed by atoms with E-state index in [1.54, 1.807) is 0 Å². The van der Waals surface area contributed by atoms with Crippen molar-refractivity contribution in [2.24, 2.45) is 0 Å². The van der Waals surface area contributed by atoms with Gasteiger partial charge in [0.25, 0.3) is 0 Å². The summed E-state index contributed by atoms with van der Waals surface area (Å²) in [5.41, 5.74) is 24.6. The van der Waals surface area contributed by atoms with Gasteiger partial charge in [0.15, 0.2) is 0 Å². The highest BCUT2D eigenvalue weighted by molar-refractivity contribution is 5.95. The Hall–Kier alpha value is -7.22. The molecule has 1 spiro atoms. The van der Waals surface area contributed by atoms with Gasteiger partial charge in [-0.2, -0.15) is 0 Å². The first-order chi connectivity index (χ1) is 31.0. The zero-order valence-electron chi connectivity index (χ0n) is 36.0. The zero-order valence-corrected chi connectivity index (χ0v) is 36.0. The van der Waals surface area contributed by atoms with Crippen molar-refractivity contribution in [2.45, 2.75) is 50.4 Å². The van der Waals surface area contributed by atoms with Crippen LogP contribution >= 0.6 is 0 Å². The van der Waals surface area contributed by atoms with Gasteiger partial charge >= 0.3 is 0 Å². The molecule has 1 fully saturated rings. The summed E-state index contributed by atoms with van der Waals surface area (Å²) in [7, 11) is 0. The third-order valence-electron chi connectivity index (χ3n) is 14.7. The Morgan fingerprint density at radius 3 is 1.38 bits per heavy atom. The fraction of sp³-hybridized carbons (Fsp3) is 0.129. The first-order valence-electron chi connectivity index (χ1n) is 22.7. The van der Waals surface area contributed by atoms with Crippen LogP contribution in [0.5, 0.6) is 0 Å². The first kappa shape index (κ1) is 37.5. The molecule has 0 unspecified atom stereocenters. The number of nitrogens with zero attached hydrogens (tertiary/aromatic N) is 1. The highest BCUT2D eigenvalue weighted by Crippen LogP contribution is 2.59. The van der Waals surface area contributed by atoms with Crippen molar-refractivity contribution < 1.29 is 0 Å². The lowest BCUT2D eigenvalue weighted by atomic mass is 9.76. The van der Waals surface area contributed by atoms with Crippen molar-refractivity contribution in [3.63, 3.8) is 0 Å². The largest absolute Gasteiger partial charge is 0.310 e. The molecule has 0 saturated heterocycles. The molecule has 63 heavy (non-hydrogen) atoms. The molecular weight excluding hydrogens is 759 g/mol. The minimum Gasteiger partial charge on any atom is -0.310 e. The van der Waals surface area contributed by atoms with Crippen LogP contribution in [0.15, 0.2) is 212 Å². The molecule has 1 heteroatoms. The maximum Gasteiger partial charge on any atom is 0.0540 e. The van der Waals surface area contributed by atoms with Gasteiger partial charge in [0, 0.05) is 27.8 Å². The quantitative estimate of drug-likeness (QED) is 0.155. The second-order valence-electron chi connectivity index (χ2n) is 18.4. The van der Waals surface area contributed by atoms with Crippen LogP contribution in [0.25, 0.3) is 66.8 Å². The number of hydrogen-bond acceptors (Lipinski definition) is 1. The molecule has 1 nitrogen and oxygen atoms in total. The normalized spacial score (nSPS) is 14.8. The van der Waals surface area contributed by atoms with Crippen LogP contribution in [-0.2, 0) is 10.8 Å². The van der Waals surface area contributed by atoms with Crippen LogP contribution in [0.2, 0.25) is 0 Å². The number of benzene rings is 9. The van der Waals surface area contributed by atoms with Crippen molar-refractivity contribution in [1.29, 1.82) is 0 Å². The topological polar surface area (TPSA) is 3.24 Å². The number of hydrogen-bond donors (Lipinski definition) is 0. The SMILES string of the molecule is CC1(C)c2ccccc2-c2cccc(-c3ccccc3N(c3ccc(-c4ccc(-c5ccc(-c6ccccc6)cc5)cc4)cc3)c3ccc4c(c3)C3(CCCC3)c3ccccc3-4)c21. The second-order valence-corrected chi connectivity index (χ2v) is 18.4. The fourth-order valence-corrected chi connectivity index (χ4v) is 11.6. The average molecular weight is 808 g/mol. The van der Waals surface area contributed by atoms with Gasteiger partial charge in [0.1, 0.15) is 0 Å². The maximum atomic E-state index is 2.55. The van der Waals surface area contributed by atoms with Gasteiger partial charge < -0.3 is 4.90 Å². The monoisotopic (exact) mass is 807 g/mol. The summed E-state index contributed by atoms with van der Waals surface area (Å²) in [4.78, 5) is 2.53. The standard InChI is InChI=1S/C62H49N/c1-61(2)56-22-9-6-18-51(56)54-20-14-21-55(60(54)61)53-19-8-11-24-59(53)63(49-37-38-52-50-17-7-10-23-57(50)62(58(52)41-49)39-12-13-40-62)48-35-33-47(34-36-48)46-31-29-45(30-32-46)44-27-25-43(26-28-44)42-15-4-3-5-16-42/h3-11,14-38,41H,12-13,39-40H2,1-2H3. The summed E-state index contributed by atoms with van der Waals surface area (Å²) in [6.45, 7) is 4.79. The molecule has 0 amide bonds. The number of fused-ring (bicyclic) bond motifs is 8. The highest BCUT2D eigenvalue weighted by atomic mass is 15.1. The Labute approximate surface area is 372 Å². The van der Waals surface area contributed by atoms with Gasteiger partial charge in [-0.15, -0.1) is 0 Å². The molecule has 0 radical (unpaired) electrons. The Kier molecular flexibility index (Phi) is 8.76. The van der Waals surface area contributed by atoms with Crippen molar-refractivity contribution in [3.05, 3.63) is 235 Å². The molecule has 0 heterocycles. The molecule has 0 aliphatic heterocycles. The Morgan fingerprint density at radius 2 is 0.762 bits per heavy atom. The van der Waals surface area contributed by atoms with Crippen molar-refractivity contribution in [3.8, 4) is 66.8 Å². The molecule has 0 atom stereocenters. The molecule has 3 aliphatic carbocycles. The van der Waals surface area contributed by atoms with Gasteiger partial charge in [0.05, 0.1) is 5.69 Å². The van der Waals surface area contributed by atoms with E-state index in [1.807, 2.05) is 0 Å². The highest BCUT2D eigenvalue weighted by Gasteiger charge is 2.45. The third-order valence-corrected chi connectivity index (χ3v) is 14.7. The number of anilines is 3. The first-order valence-corrected chi connectivity index (χ1v) is 22.7. The Bertz CT molecular complexity index is 3160. The lowest BCUT2D eigenvalue weighted by Crippen LogP contribution is -2.21. The summed E-state index contributed by atoms with van der Waals surface area (Å²) < 4.78 is 0. The van der Waals surface area contributed by atoms with Crippen LogP contribution in [0.3, 0.4) is 0 Å². The maximum absolute atomic E-state index is 2.55. The van der Waals surface area contributed by atoms with E-state index in [0.29, 0.717) is 0 Å². The summed E-state index contributed by atoms with van der Waals surface area (Å²) in [5.74, 6) is 0. The zero-order chi connectivity index (χ0) is 42.1. The van der Waals surface area contributed by atoms with E-state index in [4.69, 9.17) is 0 Å². The summed E-state index contributed by atoms with van der Waals surface area (Å²) in [5, 5.41) is 0. The summed E-state index contributed by atoms with van der Waals surface area (Å²) in [6.07, 6.45) is 4.94. The van der Waals surface area contributed by atoms with Gasteiger partial charge in [-0.1, -0.05) is 209 Å². The average Bonchev–Trinajstić information content (AvgIpc) is 4.02. The molecule has 302 valence electrons.